The summed E-state index contributed by atoms with van der Waals surface area (Å²) < 4.78 is 11.1. The Hall–Kier alpha value is -0.870. The zero-order valence-electron chi connectivity index (χ0n) is 11.2. The molecule has 3 nitrogen and oxygen atoms in total. The number of carbonyl (C=O) groups is 1. The summed E-state index contributed by atoms with van der Waals surface area (Å²) in [4.78, 5) is 11.9. The van der Waals surface area contributed by atoms with E-state index in [1.54, 1.807) is 7.11 Å². The van der Waals surface area contributed by atoms with Crippen LogP contribution in [0.1, 0.15) is 34.8 Å². The highest BCUT2D eigenvalue weighted by Gasteiger charge is 2.14. The van der Waals surface area contributed by atoms with E-state index < -0.39 is 0 Å². The minimum absolute atomic E-state index is 0.0977. The minimum atomic E-state index is -0.294. The number of esters is 1. The summed E-state index contributed by atoms with van der Waals surface area (Å²) in [5, 5.41) is 0. The molecule has 1 atom stereocenters. The highest BCUT2D eigenvalue weighted by atomic mass is 79.9. The molecule has 0 bridgehead atoms. The number of methoxy groups -OCH3 is 1. The van der Waals surface area contributed by atoms with E-state index in [0.717, 1.165) is 15.6 Å². The van der Waals surface area contributed by atoms with Gasteiger partial charge in [0.2, 0.25) is 0 Å². The number of rotatable bonds is 5. The van der Waals surface area contributed by atoms with Gasteiger partial charge in [0.1, 0.15) is 0 Å². The average molecular weight is 315 g/mol. The Morgan fingerprint density at radius 3 is 2.67 bits per heavy atom. The van der Waals surface area contributed by atoms with E-state index in [1.807, 2.05) is 32.9 Å². The molecule has 0 aliphatic carbocycles. The van der Waals surface area contributed by atoms with E-state index in [4.69, 9.17) is 9.47 Å². The number of benzene rings is 1. The zero-order chi connectivity index (χ0) is 13.7. The number of hydrogen-bond acceptors (Lipinski definition) is 3. The lowest BCUT2D eigenvalue weighted by atomic mass is 10.1. The fourth-order valence-corrected chi connectivity index (χ4v) is 2.00. The topological polar surface area (TPSA) is 35.5 Å². The van der Waals surface area contributed by atoms with E-state index in [9.17, 15) is 4.79 Å². The third-order valence-electron chi connectivity index (χ3n) is 2.78. The molecule has 0 heterocycles. The van der Waals surface area contributed by atoms with Crippen molar-refractivity contribution in [1.29, 1.82) is 0 Å². The van der Waals surface area contributed by atoms with Crippen molar-refractivity contribution in [2.75, 3.05) is 13.7 Å². The summed E-state index contributed by atoms with van der Waals surface area (Å²) in [6.45, 7) is 6.23. The second-order valence-electron chi connectivity index (χ2n) is 4.41. The first-order valence-electron chi connectivity index (χ1n) is 5.92. The number of halogens is 1. The van der Waals surface area contributed by atoms with Crippen molar-refractivity contribution >= 4 is 21.9 Å². The Morgan fingerprint density at radius 1 is 1.39 bits per heavy atom. The van der Waals surface area contributed by atoms with Crippen LogP contribution in [0.25, 0.3) is 0 Å². The highest BCUT2D eigenvalue weighted by molar-refractivity contribution is 9.10. The molecular formula is C14H19BrO3. The second kappa shape index (κ2) is 6.90. The summed E-state index contributed by atoms with van der Waals surface area (Å²) in [7, 11) is 1.65. The molecule has 100 valence electrons. The van der Waals surface area contributed by atoms with Crippen LogP contribution in [-0.4, -0.2) is 25.8 Å². The Labute approximate surface area is 117 Å². The molecule has 1 aromatic carbocycles. The molecule has 0 aliphatic heterocycles. The molecule has 1 aromatic rings. The van der Waals surface area contributed by atoms with Gasteiger partial charge >= 0.3 is 5.97 Å². The maximum absolute atomic E-state index is 11.9. The Bertz CT molecular complexity index is 429. The largest absolute Gasteiger partial charge is 0.462 e. The van der Waals surface area contributed by atoms with Gasteiger partial charge in [0.25, 0.3) is 0 Å². The Kier molecular flexibility index (Phi) is 5.82. The van der Waals surface area contributed by atoms with Gasteiger partial charge in [-0.2, -0.15) is 0 Å². The molecule has 0 amide bonds. The SMILES string of the molecule is CO[C@@H](C)CCOC(=O)c1cc(C)cc(C)c1Br. The quantitative estimate of drug-likeness (QED) is 0.778. The van der Waals surface area contributed by atoms with Crippen molar-refractivity contribution in [2.45, 2.75) is 33.3 Å². The van der Waals surface area contributed by atoms with Gasteiger partial charge in [0.05, 0.1) is 18.3 Å². The van der Waals surface area contributed by atoms with Crippen LogP contribution in [-0.2, 0) is 9.47 Å². The predicted molar refractivity (Wildman–Crippen MR) is 75.0 cm³/mol. The van der Waals surface area contributed by atoms with Gasteiger partial charge in [-0.1, -0.05) is 6.07 Å². The van der Waals surface area contributed by atoms with Gasteiger partial charge in [-0.25, -0.2) is 4.79 Å². The van der Waals surface area contributed by atoms with Gasteiger partial charge in [-0.3, -0.25) is 0 Å². The molecule has 0 aromatic heterocycles. The first-order chi connectivity index (χ1) is 8.45. The molecule has 4 heteroatoms. The lowest BCUT2D eigenvalue weighted by Gasteiger charge is -2.11. The van der Waals surface area contributed by atoms with Crippen molar-refractivity contribution in [3.05, 3.63) is 33.3 Å². The highest BCUT2D eigenvalue weighted by Crippen LogP contribution is 2.23. The van der Waals surface area contributed by atoms with Crippen LogP contribution in [0.2, 0.25) is 0 Å². The van der Waals surface area contributed by atoms with Crippen LogP contribution in [0.5, 0.6) is 0 Å². The number of aryl methyl sites for hydroxylation is 2. The molecule has 18 heavy (non-hydrogen) atoms. The number of ether oxygens (including phenoxy) is 2. The lowest BCUT2D eigenvalue weighted by Crippen LogP contribution is -2.13. The smallest absolute Gasteiger partial charge is 0.339 e. The monoisotopic (exact) mass is 314 g/mol. The predicted octanol–water partition coefficient (Wildman–Crippen LogP) is 3.65. The normalized spacial score (nSPS) is 12.3. The van der Waals surface area contributed by atoms with Crippen LogP contribution in [0, 0.1) is 13.8 Å². The molecule has 0 saturated carbocycles. The number of carbonyl (C=O) groups excluding carboxylic acids is 1. The average Bonchev–Trinajstić information content (AvgIpc) is 2.33. The van der Waals surface area contributed by atoms with E-state index in [2.05, 4.69) is 15.9 Å². The number of hydrogen-bond donors (Lipinski definition) is 0. The molecule has 0 saturated heterocycles. The third-order valence-corrected chi connectivity index (χ3v) is 3.83. The molecule has 0 unspecified atom stereocenters. The van der Waals surface area contributed by atoms with E-state index in [1.165, 1.54) is 0 Å². The van der Waals surface area contributed by atoms with Gasteiger partial charge in [-0.15, -0.1) is 0 Å². The van der Waals surface area contributed by atoms with Crippen molar-refractivity contribution in [2.24, 2.45) is 0 Å². The lowest BCUT2D eigenvalue weighted by molar-refractivity contribution is 0.0389. The standard InChI is InChI=1S/C14H19BrO3/c1-9-7-10(2)13(15)12(8-9)14(16)18-6-5-11(3)17-4/h7-8,11H,5-6H2,1-4H3/t11-/m0/s1. The van der Waals surface area contributed by atoms with Gasteiger partial charge < -0.3 is 9.47 Å². The third kappa shape index (κ3) is 4.10. The molecule has 0 aliphatic rings. The summed E-state index contributed by atoms with van der Waals surface area (Å²) in [6, 6.07) is 3.85. The fourth-order valence-electron chi connectivity index (χ4n) is 1.61. The van der Waals surface area contributed by atoms with Crippen molar-refractivity contribution in [1.82, 2.24) is 0 Å². The van der Waals surface area contributed by atoms with E-state index >= 15 is 0 Å². The summed E-state index contributed by atoms with van der Waals surface area (Å²) >= 11 is 3.42. The van der Waals surface area contributed by atoms with Crippen molar-refractivity contribution in [3.8, 4) is 0 Å². The van der Waals surface area contributed by atoms with Gasteiger partial charge in [0, 0.05) is 18.0 Å². The molecular weight excluding hydrogens is 296 g/mol. The zero-order valence-corrected chi connectivity index (χ0v) is 12.8. The van der Waals surface area contributed by atoms with Crippen LogP contribution in [0.15, 0.2) is 16.6 Å². The molecule has 0 N–H and O–H groups in total. The van der Waals surface area contributed by atoms with Gasteiger partial charge in [-0.05, 0) is 53.9 Å². The van der Waals surface area contributed by atoms with Crippen molar-refractivity contribution in [3.63, 3.8) is 0 Å². The second-order valence-corrected chi connectivity index (χ2v) is 5.21. The Morgan fingerprint density at radius 2 is 2.06 bits per heavy atom. The maximum Gasteiger partial charge on any atom is 0.339 e. The summed E-state index contributed by atoms with van der Waals surface area (Å²) in [5.41, 5.74) is 2.66. The molecule has 0 radical (unpaired) electrons. The van der Waals surface area contributed by atoms with E-state index in [0.29, 0.717) is 18.6 Å². The Balaban J connectivity index is 2.67. The first kappa shape index (κ1) is 15.2. The van der Waals surface area contributed by atoms with Crippen LogP contribution in [0.3, 0.4) is 0 Å². The summed E-state index contributed by atoms with van der Waals surface area (Å²) in [5.74, 6) is -0.294. The van der Waals surface area contributed by atoms with Gasteiger partial charge in [0.15, 0.2) is 0 Å². The van der Waals surface area contributed by atoms with Crippen LogP contribution in [0.4, 0.5) is 0 Å². The molecule has 0 fully saturated rings. The summed E-state index contributed by atoms with van der Waals surface area (Å²) in [6.07, 6.45) is 0.797. The van der Waals surface area contributed by atoms with E-state index in [-0.39, 0.29) is 12.1 Å². The van der Waals surface area contributed by atoms with Crippen molar-refractivity contribution < 1.29 is 14.3 Å². The molecule has 1 rings (SSSR count). The first-order valence-corrected chi connectivity index (χ1v) is 6.71. The fraction of sp³-hybridized carbons (Fsp3) is 0.500. The van der Waals surface area contributed by atoms with Crippen LogP contribution >= 0.6 is 15.9 Å². The maximum atomic E-state index is 11.9. The van der Waals surface area contributed by atoms with Crippen LogP contribution < -0.4 is 0 Å². The molecule has 0 spiro atoms. The minimum Gasteiger partial charge on any atom is -0.462 e.